The number of hydrogen-bond acceptors (Lipinski definition) is 2. The number of imidazole rings is 1. The number of halogens is 1. The predicted octanol–water partition coefficient (Wildman–Crippen LogP) is 4.79. The number of nitrogens with zero attached hydrogens (tertiary/aromatic N) is 3. The van der Waals surface area contributed by atoms with Crippen molar-refractivity contribution in [3.8, 4) is 6.07 Å². The Bertz CT molecular complexity index is 622. The van der Waals surface area contributed by atoms with Gasteiger partial charge in [-0.05, 0) is 25.5 Å². The molecule has 0 spiro atoms. The standard InChI is InChI=1S/C16H20ClN3/c1-3-4-5-6-10-20-14-9-7-8-13(11-18)15(14)19-16(20)12(2)17/h7-9,12H,3-6,10H2,1-2H3. The van der Waals surface area contributed by atoms with Crippen LogP contribution in [-0.2, 0) is 6.54 Å². The lowest BCUT2D eigenvalue weighted by Gasteiger charge is -2.10. The molecule has 4 heteroatoms. The molecule has 0 radical (unpaired) electrons. The van der Waals surface area contributed by atoms with Crippen LogP contribution in [0.25, 0.3) is 11.0 Å². The van der Waals surface area contributed by atoms with Gasteiger partial charge in [-0.25, -0.2) is 4.98 Å². The Kier molecular flexibility index (Phi) is 5.03. The zero-order valence-electron chi connectivity index (χ0n) is 12.1. The van der Waals surface area contributed by atoms with E-state index in [2.05, 4.69) is 22.5 Å². The average molecular weight is 290 g/mol. The van der Waals surface area contributed by atoms with Crippen LogP contribution in [0.15, 0.2) is 18.2 Å². The molecule has 1 aromatic carbocycles. The zero-order chi connectivity index (χ0) is 14.5. The summed E-state index contributed by atoms with van der Waals surface area (Å²) in [5.74, 6) is 0.862. The van der Waals surface area contributed by atoms with Crippen molar-refractivity contribution >= 4 is 22.6 Å². The number of aryl methyl sites for hydroxylation is 1. The molecule has 1 heterocycles. The third-order valence-electron chi connectivity index (χ3n) is 3.52. The second-order valence-corrected chi connectivity index (χ2v) is 5.74. The molecule has 0 bridgehead atoms. The van der Waals surface area contributed by atoms with E-state index in [9.17, 15) is 5.26 Å². The number of para-hydroxylation sites is 1. The summed E-state index contributed by atoms with van der Waals surface area (Å²) in [5, 5.41) is 9.04. The molecule has 1 unspecified atom stereocenters. The van der Waals surface area contributed by atoms with E-state index in [1.165, 1.54) is 19.3 Å². The SMILES string of the molecule is CCCCCCn1c(C(C)Cl)nc2c(C#N)cccc21. The minimum absolute atomic E-state index is 0.153. The lowest BCUT2D eigenvalue weighted by Crippen LogP contribution is -2.04. The fraction of sp³-hybridized carbons (Fsp3) is 0.500. The summed E-state index contributed by atoms with van der Waals surface area (Å²) in [7, 11) is 0. The second-order valence-electron chi connectivity index (χ2n) is 5.08. The average Bonchev–Trinajstić information content (AvgIpc) is 2.82. The van der Waals surface area contributed by atoms with Gasteiger partial charge < -0.3 is 4.57 Å². The Morgan fingerprint density at radius 1 is 1.35 bits per heavy atom. The quantitative estimate of drug-likeness (QED) is 0.567. The van der Waals surface area contributed by atoms with Gasteiger partial charge in [0.15, 0.2) is 0 Å². The molecule has 2 rings (SSSR count). The molecule has 106 valence electrons. The van der Waals surface area contributed by atoms with Gasteiger partial charge in [0.25, 0.3) is 0 Å². The number of nitriles is 1. The third kappa shape index (κ3) is 2.96. The number of alkyl halides is 1. The summed E-state index contributed by atoms with van der Waals surface area (Å²) < 4.78 is 2.17. The predicted molar refractivity (Wildman–Crippen MR) is 82.9 cm³/mol. The smallest absolute Gasteiger partial charge is 0.127 e. The highest BCUT2D eigenvalue weighted by Crippen LogP contribution is 2.27. The zero-order valence-corrected chi connectivity index (χ0v) is 12.8. The Morgan fingerprint density at radius 2 is 2.15 bits per heavy atom. The van der Waals surface area contributed by atoms with Gasteiger partial charge in [-0.2, -0.15) is 5.26 Å². The summed E-state index contributed by atoms with van der Waals surface area (Å²) in [6.45, 7) is 5.05. The van der Waals surface area contributed by atoms with E-state index >= 15 is 0 Å². The highest BCUT2D eigenvalue weighted by Gasteiger charge is 2.16. The maximum atomic E-state index is 9.19. The molecule has 1 aromatic heterocycles. The number of fused-ring (bicyclic) bond motifs is 1. The van der Waals surface area contributed by atoms with Crippen molar-refractivity contribution in [1.29, 1.82) is 5.26 Å². The molecule has 0 aliphatic carbocycles. The Hall–Kier alpha value is -1.53. The first-order valence-corrected chi connectivity index (χ1v) is 7.66. The molecule has 2 aromatic rings. The van der Waals surface area contributed by atoms with Crippen LogP contribution < -0.4 is 0 Å². The van der Waals surface area contributed by atoms with Crippen molar-refractivity contribution in [2.75, 3.05) is 0 Å². The van der Waals surface area contributed by atoms with Crippen LogP contribution in [0.1, 0.15) is 56.3 Å². The van der Waals surface area contributed by atoms with Gasteiger partial charge in [0.1, 0.15) is 17.4 Å². The van der Waals surface area contributed by atoms with Crippen molar-refractivity contribution in [3.05, 3.63) is 29.6 Å². The molecular weight excluding hydrogens is 270 g/mol. The lowest BCUT2D eigenvalue weighted by molar-refractivity contribution is 0.574. The first-order chi connectivity index (χ1) is 9.69. The number of benzene rings is 1. The number of hydrogen-bond donors (Lipinski definition) is 0. The van der Waals surface area contributed by atoms with E-state index in [1.807, 2.05) is 19.1 Å². The molecule has 1 atom stereocenters. The second kappa shape index (κ2) is 6.76. The molecule has 0 aliphatic heterocycles. The van der Waals surface area contributed by atoms with E-state index < -0.39 is 0 Å². The van der Waals surface area contributed by atoms with E-state index in [0.29, 0.717) is 5.56 Å². The highest BCUT2D eigenvalue weighted by atomic mass is 35.5. The molecular formula is C16H20ClN3. The van der Waals surface area contributed by atoms with Gasteiger partial charge in [0, 0.05) is 6.54 Å². The Labute approximate surface area is 125 Å². The minimum Gasteiger partial charge on any atom is -0.327 e. The van der Waals surface area contributed by atoms with Crippen molar-refractivity contribution in [2.24, 2.45) is 0 Å². The van der Waals surface area contributed by atoms with Crippen molar-refractivity contribution in [1.82, 2.24) is 9.55 Å². The first kappa shape index (κ1) is 14.9. The molecule has 3 nitrogen and oxygen atoms in total. The molecule has 20 heavy (non-hydrogen) atoms. The van der Waals surface area contributed by atoms with Gasteiger partial charge >= 0.3 is 0 Å². The molecule has 0 saturated carbocycles. The normalized spacial score (nSPS) is 12.5. The van der Waals surface area contributed by atoms with E-state index in [-0.39, 0.29) is 5.38 Å². The fourth-order valence-corrected chi connectivity index (χ4v) is 2.66. The van der Waals surface area contributed by atoms with Crippen LogP contribution in [0.5, 0.6) is 0 Å². The molecule has 0 amide bonds. The van der Waals surface area contributed by atoms with Crippen LogP contribution in [0.4, 0.5) is 0 Å². The molecule has 0 fully saturated rings. The van der Waals surface area contributed by atoms with E-state index in [0.717, 1.165) is 29.8 Å². The van der Waals surface area contributed by atoms with Crippen LogP contribution in [0.2, 0.25) is 0 Å². The fourth-order valence-electron chi connectivity index (χ4n) is 2.49. The van der Waals surface area contributed by atoms with Crippen LogP contribution in [0.3, 0.4) is 0 Å². The lowest BCUT2D eigenvalue weighted by atomic mass is 10.2. The van der Waals surface area contributed by atoms with Crippen LogP contribution >= 0.6 is 11.6 Å². The molecule has 0 N–H and O–H groups in total. The third-order valence-corrected chi connectivity index (χ3v) is 3.72. The number of unbranched alkanes of at least 4 members (excludes halogenated alkanes) is 3. The summed E-state index contributed by atoms with van der Waals surface area (Å²) in [6, 6.07) is 7.94. The van der Waals surface area contributed by atoms with Gasteiger partial charge in [-0.15, -0.1) is 11.6 Å². The Morgan fingerprint density at radius 3 is 2.80 bits per heavy atom. The van der Waals surface area contributed by atoms with E-state index in [4.69, 9.17) is 11.6 Å². The summed E-state index contributed by atoms with van der Waals surface area (Å²) in [4.78, 5) is 4.59. The minimum atomic E-state index is -0.153. The van der Waals surface area contributed by atoms with Crippen molar-refractivity contribution in [2.45, 2.75) is 51.5 Å². The first-order valence-electron chi connectivity index (χ1n) is 7.22. The van der Waals surface area contributed by atoms with Crippen LogP contribution in [0, 0.1) is 11.3 Å². The van der Waals surface area contributed by atoms with Gasteiger partial charge in [-0.3, -0.25) is 0 Å². The molecule has 0 saturated heterocycles. The number of rotatable bonds is 6. The monoisotopic (exact) mass is 289 g/mol. The highest BCUT2D eigenvalue weighted by molar-refractivity contribution is 6.20. The molecule has 0 aliphatic rings. The van der Waals surface area contributed by atoms with Crippen molar-refractivity contribution < 1.29 is 0 Å². The number of aromatic nitrogens is 2. The largest absolute Gasteiger partial charge is 0.327 e. The van der Waals surface area contributed by atoms with Gasteiger partial charge in [-0.1, -0.05) is 32.3 Å². The van der Waals surface area contributed by atoms with Gasteiger partial charge in [0.2, 0.25) is 0 Å². The van der Waals surface area contributed by atoms with Crippen molar-refractivity contribution in [3.63, 3.8) is 0 Å². The van der Waals surface area contributed by atoms with Gasteiger partial charge in [0.05, 0.1) is 16.5 Å². The van der Waals surface area contributed by atoms with E-state index in [1.54, 1.807) is 6.07 Å². The topological polar surface area (TPSA) is 41.6 Å². The summed E-state index contributed by atoms with van der Waals surface area (Å²) >= 11 is 6.25. The maximum Gasteiger partial charge on any atom is 0.127 e. The Balaban J connectivity index is 2.39. The summed E-state index contributed by atoms with van der Waals surface area (Å²) in [6.07, 6.45) is 4.81. The maximum absolute atomic E-state index is 9.19. The van der Waals surface area contributed by atoms with Crippen LogP contribution in [-0.4, -0.2) is 9.55 Å². The summed E-state index contributed by atoms with van der Waals surface area (Å²) in [5.41, 5.74) is 2.41.